The van der Waals surface area contributed by atoms with Gasteiger partial charge in [0.05, 0.1) is 0 Å². The molecule has 0 aromatic carbocycles. The Morgan fingerprint density at radius 1 is 0.0397 bits per heavy atom. The first-order valence-electron chi connectivity index (χ1n) is 42.2. The molecule has 0 radical (unpaired) electrons. The summed E-state index contributed by atoms with van der Waals surface area (Å²) in [5.41, 5.74) is 0. The highest BCUT2D eigenvalue weighted by molar-refractivity contribution is 5.34. The maximum absolute atomic E-state index is 2.00. The van der Waals surface area contributed by atoms with Crippen molar-refractivity contribution in [3.8, 4) is 0 Å². The topological polar surface area (TPSA) is 0 Å². The van der Waals surface area contributed by atoms with E-state index in [2.05, 4.69) is 0 Å². The highest BCUT2D eigenvalue weighted by Crippen LogP contribution is 1.98. The van der Waals surface area contributed by atoms with Gasteiger partial charge in [0.2, 0.25) is 0 Å². The first-order valence-corrected chi connectivity index (χ1v) is 42.2. The van der Waals surface area contributed by atoms with Gasteiger partial charge in [-0.1, -0.05) is 753 Å². The molecule has 0 aliphatic carbocycles. The van der Waals surface area contributed by atoms with Crippen LogP contribution < -0.4 is 0 Å². The van der Waals surface area contributed by atoms with Gasteiger partial charge in [-0.3, -0.25) is 0 Å². The highest BCUT2D eigenvalue weighted by Gasteiger charge is 1.76. The molecular weight excluding hydrogens is 1510 g/mol. The summed E-state index contributed by atoms with van der Waals surface area (Å²) < 4.78 is 0. The zero-order valence-electron chi connectivity index (χ0n) is 73.6. The van der Waals surface area contributed by atoms with Gasteiger partial charge in [0, 0.05) is 0 Å². The Morgan fingerprint density at radius 2 is 0.0635 bits per heavy atom. The Morgan fingerprint density at radius 3 is 0.0873 bits per heavy atom. The van der Waals surface area contributed by atoms with E-state index in [1.807, 2.05) is 767 Å². The summed E-state index contributed by atoms with van der Waals surface area (Å²) in [7, 11) is 0. The smallest absolute Gasteiger partial charge is 0.0467 e. The summed E-state index contributed by atoms with van der Waals surface area (Å²) in [6.45, 7) is 4.00. The van der Waals surface area contributed by atoms with E-state index in [0.717, 1.165) is 0 Å². The van der Waals surface area contributed by atoms with Gasteiger partial charge in [-0.05, 0) is 13.8 Å². The van der Waals surface area contributed by atoms with E-state index in [1.54, 1.807) is 0 Å². The fourth-order valence-electron chi connectivity index (χ4n) is 7.92. The molecule has 0 aromatic heterocycles. The maximum atomic E-state index is 2.00. The van der Waals surface area contributed by atoms with Crippen molar-refractivity contribution >= 4 is 0 Å². The Bertz CT molecular complexity index is 4340. The fraction of sp³-hybridized carbons (Fsp3) is 0.0159. The predicted molar refractivity (Wildman–Crippen MR) is 578 cm³/mol. The van der Waals surface area contributed by atoms with Gasteiger partial charge >= 0.3 is 0 Å². The second kappa shape index (κ2) is 109. The van der Waals surface area contributed by atoms with E-state index in [0.29, 0.717) is 0 Å². The zero-order valence-corrected chi connectivity index (χ0v) is 73.6. The minimum atomic E-state index is 2.00. The quantitative estimate of drug-likeness (QED) is 0.0533. The monoisotopic (exact) mass is 1640 g/mol. The predicted octanol–water partition coefficient (Wildman–Crippen LogP) is 35.5. The SMILES string of the molecule is CC=CC=CC=CC=CC=CC=CC=CC=CC=CC=CC=CC=CC=CC=CC=CC=CC=CC=CC=CC=CC=CC=CC=CC=CC=CC=CC=CC=CC=CC=CC=CC=CC=CC=CC=CC=CC=CC=CC=CC=CC=CC=CC=CC=CC=CC=CC=CC=CC=CC=CC=CC=CC=CC=CC=CC=CC=CC=CC=CC=CC=CC=CC. The van der Waals surface area contributed by atoms with Gasteiger partial charge in [0.25, 0.3) is 0 Å². The molecule has 126 heavy (non-hydrogen) atoms. The van der Waals surface area contributed by atoms with Crippen LogP contribution >= 0.6 is 0 Å². The number of hydrogen-bond acceptors (Lipinski definition) is 0. The van der Waals surface area contributed by atoms with Gasteiger partial charge < -0.3 is 0 Å². The van der Waals surface area contributed by atoms with Crippen LogP contribution in [-0.2, 0) is 0 Å². The van der Waals surface area contributed by atoms with Crippen LogP contribution in [-0.4, -0.2) is 0 Å². The van der Waals surface area contributed by atoms with Crippen molar-refractivity contribution in [1.82, 2.24) is 0 Å². The molecule has 0 rings (SSSR count). The summed E-state index contributed by atoms with van der Waals surface area (Å²) in [6, 6.07) is 0. The van der Waals surface area contributed by atoms with Crippen molar-refractivity contribution in [3.63, 3.8) is 0 Å². The van der Waals surface area contributed by atoms with E-state index in [9.17, 15) is 0 Å². The normalized spacial score (nSPS) is 15.8. The molecule has 0 heterocycles. The molecule has 0 amide bonds. The van der Waals surface area contributed by atoms with Crippen LogP contribution in [0.5, 0.6) is 0 Å². The molecular formula is C126H130. The third-order valence-electron chi connectivity index (χ3n) is 13.8. The molecule has 0 unspecified atom stereocenters. The van der Waals surface area contributed by atoms with Crippen LogP contribution in [0.25, 0.3) is 0 Å². The number of allylic oxidation sites excluding steroid dienone is 124. The van der Waals surface area contributed by atoms with Crippen molar-refractivity contribution in [2.24, 2.45) is 0 Å². The van der Waals surface area contributed by atoms with Crippen LogP contribution in [0.4, 0.5) is 0 Å². The van der Waals surface area contributed by atoms with Crippen LogP contribution in [0.1, 0.15) is 13.8 Å². The minimum Gasteiger partial charge on any atom is -0.0877 e. The molecule has 0 N–H and O–H groups in total. The van der Waals surface area contributed by atoms with Crippen LogP contribution in [0, 0.1) is 0 Å². The molecule has 0 saturated carbocycles. The maximum Gasteiger partial charge on any atom is -0.0467 e. The molecule has 0 saturated heterocycles. The van der Waals surface area contributed by atoms with E-state index in [4.69, 9.17) is 0 Å². The third-order valence-corrected chi connectivity index (χ3v) is 13.8. The van der Waals surface area contributed by atoms with Crippen LogP contribution in [0.2, 0.25) is 0 Å². The summed E-state index contributed by atoms with van der Waals surface area (Å²) in [5, 5.41) is 0. The summed E-state index contributed by atoms with van der Waals surface area (Å²) >= 11 is 0. The Balaban J connectivity index is 4.13. The van der Waals surface area contributed by atoms with Crippen molar-refractivity contribution < 1.29 is 0 Å². The first-order chi connectivity index (χ1) is 62.9. The van der Waals surface area contributed by atoms with Gasteiger partial charge in [-0.2, -0.15) is 0 Å². The second-order valence-corrected chi connectivity index (χ2v) is 24.1. The average molecular weight is 1640 g/mol. The van der Waals surface area contributed by atoms with Gasteiger partial charge in [-0.25, -0.2) is 0 Å². The van der Waals surface area contributed by atoms with Crippen LogP contribution in [0.3, 0.4) is 0 Å². The van der Waals surface area contributed by atoms with Crippen molar-refractivity contribution in [2.45, 2.75) is 13.8 Å². The number of rotatable bonds is 61. The first kappa shape index (κ1) is 110. The molecule has 0 heteroatoms. The van der Waals surface area contributed by atoms with Gasteiger partial charge in [-0.15, -0.1) is 0 Å². The molecule has 634 valence electrons. The lowest BCUT2D eigenvalue weighted by Crippen LogP contribution is -1.55. The largest absolute Gasteiger partial charge is 0.0877 e. The standard InChI is InChI=1S/C126H130/c1-3-5-7-9-11-13-15-17-19-21-23-25-27-29-31-33-35-37-39-41-43-45-47-49-51-53-55-57-59-61-63-65-67-69-71-73-75-77-79-81-83-85-87-89-91-93-95-97-99-101-103-105-107-109-111-113-115-117-119-121-123-125-126-124-122-120-118-116-114-112-110-108-106-104-102-100-98-96-94-92-90-88-86-84-82-80-78-76-74-72-70-68-66-64-62-60-58-56-54-52-50-48-46-44-42-40-38-36-34-32-30-28-26-24-22-20-18-16-14-12-10-8-6-4-2/h3-126H,1-2H3. The minimum absolute atomic E-state index is 2.00. The van der Waals surface area contributed by atoms with Gasteiger partial charge in [0.15, 0.2) is 0 Å². The third kappa shape index (κ3) is 108. The summed E-state index contributed by atoms with van der Waals surface area (Å²) in [5.74, 6) is 0. The zero-order chi connectivity index (χ0) is 89.7. The van der Waals surface area contributed by atoms with Crippen molar-refractivity contribution in [3.05, 3.63) is 753 Å². The lowest BCUT2D eigenvalue weighted by molar-refractivity contribution is 1.73. The molecule has 0 spiro atoms. The molecule has 0 fully saturated rings. The Kier molecular flexibility index (Phi) is 95.0. The fourth-order valence-corrected chi connectivity index (χ4v) is 7.92. The highest BCUT2D eigenvalue weighted by atomic mass is 13.8. The average Bonchev–Trinajstić information content (AvgIpc) is 1.24. The van der Waals surface area contributed by atoms with E-state index < -0.39 is 0 Å². The van der Waals surface area contributed by atoms with Crippen LogP contribution in [0.15, 0.2) is 753 Å². The molecule has 0 atom stereocenters. The molecule has 0 bridgehead atoms. The lowest BCUT2D eigenvalue weighted by atomic mass is 10.3. The lowest BCUT2D eigenvalue weighted by Gasteiger charge is -1.77. The van der Waals surface area contributed by atoms with Crippen molar-refractivity contribution in [2.75, 3.05) is 0 Å². The van der Waals surface area contributed by atoms with E-state index in [1.165, 1.54) is 0 Å². The Hall–Kier alpha value is -16.1. The molecule has 0 aliphatic heterocycles. The van der Waals surface area contributed by atoms with E-state index >= 15 is 0 Å². The molecule has 0 aromatic rings. The number of hydrogen-bond donors (Lipinski definition) is 0. The van der Waals surface area contributed by atoms with Gasteiger partial charge in [0.1, 0.15) is 0 Å². The van der Waals surface area contributed by atoms with E-state index in [-0.39, 0.29) is 0 Å². The van der Waals surface area contributed by atoms with Crippen molar-refractivity contribution in [1.29, 1.82) is 0 Å². The summed E-state index contributed by atoms with van der Waals surface area (Å²) in [6.07, 6.45) is 248. The molecule has 0 nitrogen and oxygen atoms in total. The second-order valence-electron chi connectivity index (χ2n) is 24.1. The summed E-state index contributed by atoms with van der Waals surface area (Å²) in [4.78, 5) is 0. The Labute approximate surface area is 762 Å². The molecule has 0 aliphatic rings.